The van der Waals surface area contributed by atoms with Crippen LogP contribution in [0.3, 0.4) is 0 Å². The van der Waals surface area contributed by atoms with E-state index in [0.717, 1.165) is 24.0 Å². The van der Waals surface area contributed by atoms with E-state index in [1.165, 1.54) is 30.2 Å². The van der Waals surface area contributed by atoms with Crippen LogP contribution in [-0.2, 0) is 27.3 Å². The lowest BCUT2D eigenvalue weighted by molar-refractivity contribution is -0.153. The number of phenolic OH excluding ortho intramolecular Hbond substituents is 1. The maximum absolute atomic E-state index is 14.2. The zero-order valence-electron chi connectivity index (χ0n) is 26.3. The van der Waals surface area contributed by atoms with Gasteiger partial charge in [0, 0.05) is 29.6 Å². The molecule has 244 valence electrons. The van der Waals surface area contributed by atoms with Gasteiger partial charge < -0.3 is 36.2 Å². The molecule has 1 amide bonds. The number of hydrogen-bond donors (Lipinski definition) is 6. The molecule has 2 fully saturated rings. The molecule has 46 heavy (non-hydrogen) atoms. The maximum Gasteiger partial charge on any atom is 0.255 e. The summed E-state index contributed by atoms with van der Waals surface area (Å²) in [4.78, 5) is 41.3. The number of likely N-dealkylation sites (N-methyl/N-ethyl adjacent to an activating group) is 1. The largest absolute Gasteiger partial charge is 0.508 e. The lowest BCUT2D eigenvalue weighted by atomic mass is 9.57. The van der Waals surface area contributed by atoms with Crippen LogP contribution in [0, 0.1) is 11.8 Å². The number of Topliss-reactive ketones (excluding diaryl/α,β-unsaturated/α-hetero) is 2. The number of phenols is 1. The Hall–Kier alpha value is -4.19. The second-order valence-electron chi connectivity index (χ2n) is 13.2. The number of nitrogens with zero attached hydrogens (tertiary/aromatic N) is 1. The first-order valence-corrected chi connectivity index (χ1v) is 15.8. The van der Waals surface area contributed by atoms with Crippen LogP contribution in [0.1, 0.15) is 55.2 Å². The van der Waals surface area contributed by atoms with Gasteiger partial charge >= 0.3 is 0 Å². The molecular formula is C35H41N3O8. The van der Waals surface area contributed by atoms with Gasteiger partial charge in [-0.2, -0.15) is 0 Å². The molecular weight excluding hydrogens is 590 g/mol. The molecule has 2 saturated carbocycles. The van der Waals surface area contributed by atoms with E-state index in [0.29, 0.717) is 29.5 Å². The minimum atomic E-state index is -2.68. The molecule has 0 aliphatic heterocycles. The molecule has 0 spiro atoms. The highest BCUT2D eigenvalue weighted by Gasteiger charge is 2.64. The van der Waals surface area contributed by atoms with Crippen LogP contribution < -0.4 is 15.8 Å². The standard InChI is InChI=1S/C35H41N3O8/c1-38(2)29-23-15-18-14-22-20(21-13-17(9-12-25(21)46-3)16-37-19-7-5-4-6-8-19)10-11-24(39)27(22)30(40)26(18)32(42)35(23,45)33(43)28(31(29)41)34(36)44/h9-13,18-19,23,29,37,39-40,43,45H,4-8,14-16H2,1-3H3,(H2,36,44)/t18-,23+,29?,35+/m0/s1. The molecule has 0 radical (unpaired) electrons. The average molecular weight is 632 g/mol. The quantitative estimate of drug-likeness (QED) is 0.249. The van der Waals surface area contributed by atoms with Crippen LogP contribution in [0.15, 0.2) is 47.2 Å². The van der Waals surface area contributed by atoms with E-state index >= 15 is 0 Å². The maximum atomic E-state index is 14.2. The van der Waals surface area contributed by atoms with Gasteiger partial charge in [0.05, 0.1) is 18.7 Å². The van der Waals surface area contributed by atoms with Crippen LogP contribution in [0.2, 0.25) is 0 Å². The lowest BCUT2D eigenvalue weighted by Gasteiger charge is -2.50. The molecule has 7 N–H and O–H groups in total. The number of aliphatic hydroxyl groups is 3. The summed E-state index contributed by atoms with van der Waals surface area (Å²) in [5.74, 6) is -6.21. The Morgan fingerprint density at radius 3 is 2.43 bits per heavy atom. The molecule has 0 aromatic heterocycles. The van der Waals surface area contributed by atoms with Crippen molar-refractivity contribution in [2.45, 2.75) is 69.2 Å². The fraction of sp³-hybridized carbons (Fsp3) is 0.457. The number of aliphatic hydroxyl groups excluding tert-OH is 2. The zero-order valence-corrected chi connectivity index (χ0v) is 26.3. The SMILES string of the molecule is COc1ccc(CNC2CCCCC2)cc1-c1ccc(O)c2c1C[C@H]1C[C@@H]3C(N(C)C)C(=O)C(C(N)=O)=C(O)[C@]3(O)C(=O)C1=C2O. The van der Waals surface area contributed by atoms with Crippen molar-refractivity contribution >= 4 is 23.2 Å². The van der Waals surface area contributed by atoms with Crippen LogP contribution in [-0.4, -0.2) is 81.7 Å². The van der Waals surface area contributed by atoms with Crippen LogP contribution >= 0.6 is 0 Å². The van der Waals surface area contributed by atoms with Gasteiger partial charge in [-0.3, -0.25) is 19.3 Å². The zero-order chi connectivity index (χ0) is 33.1. The van der Waals surface area contributed by atoms with Crippen molar-refractivity contribution in [3.63, 3.8) is 0 Å². The van der Waals surface area contributed by atoms with Crippen molar-refractivity contribution in [3.05, 3.63) is 63.9 Å². The van der Waals surface area contributed by atoms with E-state index in [4.69, 9.17) is 10.5 Å². The smallest absolute Gasteiger partial charge is 0.255 e. The molecule has 4 aliphatic rings. The lowest BCUT2D eigenvalue weighted by Crippen LogP contribution is -2.65. The van der Waals surface area contributed by atoms with Gasteiger partial charge in [0.1, 0.15) is 28.6 Å². The summed E-state index contributed by atoms with van der Waals surface area (Å²) in [6, 6.07) is 8.43. The van der Waals surface area contributed by atoms with E-state index in [1.54, 1.807) is 27.3 Å². The first-order valence-electron chi connectivity index (χ1n) is 15.8. The van der Waals surface area contributed by atoms with Crippen molar-refractivity contribution in [1.29, 1.82) is 0 Å². The molecule has 4 aliphatic carbocycles. The van der Waals surface area contributed by atoms with Crippen LogP contribution in [0.4, 0.5) is 0 Å². The third-order valence-corrected chi connectivity index (χ3v) is 10.4. The second-order valence-corrected chi connectivity index (χ2v) is 13.2. The Labute approximate surface area is 267 Å². The topological polar surface area (TPSA) is 183 Å². The highest BCUT2D eigenvalue weighted by molar-refractivity contribution is 6.24. The highest BCUT2D eigenvalue weighted by atomic mass is 16.5. The van der Waals surface area contributed by atoms with Gasteiger partial charge in [0.2, 0.25) is 5.78 Å². The molecule has 0 bridgehead atoms. The number of hydrogen-bond acceptors (Lipinski definition) is 10. The van der Waals surface area contributed by atoms with Gasteiger partial charge in [0.25, 0.3) is 5.91 Å². The summed E-state index contributed by atoms with van der Waals surface area (Å²) in [6.07, 6.45) is 6.21. The number of fused-ring (bicyclic) bond motifs is 3. The van der Waals surface area contributed by atoms with E-state index in [9.17, 15) is 34.8 Å². The minimum absolute atomic E-state index is 0.0172. The normalized spacial score (nSPS) is 26.6. The van der Waals surface area contributed by atoms with Crippen molar-refractivity contribution in [1.82, 2.24) is 10.2 Å². The first kappa shape index (κ1) is 31.8. The van der Waals surface area contributed by atoms with E-state index in [2.05, 4.69) is 5.32 Å². The predicted molar refractivity (Wildman–Crippen MR) is 170 cm³/mol. The van der Waals surface area contributed by atoms with E-state index < -0.39 is 58.0 Å². The molecule has 11 heteroatoms. The number of amides is 1. The van der Waals surface area contributed by atoms with Crippen molar-refractivity contribution in [3.8, 4) is 22.6 Å². The molecule has 1 unspecified atom stereocenters. The Morgan fingerprint density at radius 1 is 1.07 bits per heavy atom. The molecule has 0 heterocycles. The Morgan fingerprint density at radius 2 is 1.78 bits per heavy atom. The predicted octanol–water partition coefficient (Wildman–Crippen LogP) is 3.06. The summed E-state index contributed by atoms with van der Waals surface area (Å²) >= 11 is 0. The molecule has 6 rings (SSSR count). The number of carbonyl (C=O) groups excluding carboxylic acids is 3. The van der Waals surface area contributed by atoms with Gasteiger partial charge in [-0.1, -0.05) is 31.4 Å². The van der Waals surface area contributed by atoms with Crippen molar-refractivity contribution in [2.75, 3.05) is 21.2 Å². The summed E-state index contributed by atoms with van der Waals surface area (Å²) in [5.41, 5.74) is 4.84. The van der Waals surface area contributed by atoms with Gasteiger partial charge in [-0.25, -0.2) is 0 Å². The van der Waals surface area contributed by atoms with Gasteiger partial charge in [-0.15, -0.1) is 0 Å². The Kier molecular flexibility index (Phi) is 8.20. The third kappa shape index (κ3) is 4.88. The minimum Gasteiger partial charge on any atom is -0.508 e. The number of aromatic hydroxyl groups is 1. The number of nitrogens with one attached hydrogen (secondary N) is 1. The molecule has 2 aromatic rings. The molecule has 4 atom stereocenters. The van der Waals surface area contributed by atoms with Crippen molar-refractivity contribution in [2.24, 2.45) is 17.6 Å². The molecule has 11 nitrogen and oxygen atoms in total. The number of nitrogens with two attached hydrogens (primary N) is 1. The van der Waals surface area contributed by atoms with E-state index in [1.807, 2.05) is 18.2 Å². The number of carbonyl (C=O) groups is 3. The number of ketones is 2. The van der Waals surface area contributed by atoms with Crippen molar-refractivity contribution < 1.29 is 39.5 Å². The number of benzene rings is 2. The van der Waals surface area contributed by atoms with E-state index in [-0.39, 0.29) is 29.7 Å². The van der Waals surface area contributed by atoms with Crippen LogP contribution in [0.5, 0.6) is 11.5 Å². The molecule has 2 aromatic carbocycles. The Balaban J connectivity index is 1.46. The van der Waals surface area contributed by atoms with Gasteiger partial charge in [-0.05, 0) is 80.6 Å². The fourth-order valence-electron chi connectivity index (χ4n) is 8.14. The summed E-state index contributed by atoms with van der Waals surface area (Å²) in [7, 11) is 4.72. The first-order chi connectivity index (χ1) is 21.9. The summed E-state index contributed by atoms with van der Waals surface area (Å²) in [6.45, 7) is 0.666. The summed E-state index contributed by atoms with van der Waals surface area (Å²) in [5, 5.41) is 49.3. The van der Waals surface area contributed by atoms with Crippen LogP contribution in [0.25, 0.3) is 16.9 Å². The monoisotopic (exact) mass is 631 g/mol. The number of rotatable bonds is 7. The average Bonchev–Trinajstić information content (AvgIpc) is 3.02. The third-order valence-electron chi connectivity index (χ3n) is 10.4. The Bertz CT molecular complexity index is 1690. The van der Waals surface area contributed by atoms with Gasteiger partial charge in [0.15, 0.2) is 11.4 Å². The number of ether oxygens (including phenoxy) is 1. The number of primary amides is 1. The fourth-order valence-corrected chi connectivity index (χ4v) is 8.14. The summed E-state index contributed by atoms with van der Waals surface area (Å²) < 4.78 is 5.74. The molecule has 0 saturated heterocycles. The number of methoxy groups -OCH3 is 1. The highest BCUT2D eigenvalue weighted by Crippen LogP contribution is 2.54. The second kappa shape index (κ2) is 11.9.